The smallest absolute Gasteiger partial charge is 0.273 e. The maximum absolute atomic E-state index is 12.4. The summed E-state index contributed by atoms with van der Waals surface area (Å²) in [6.07, 6.45) is 5.01. The van der Waals surface area contributed by atoms with Crippen molar-refractivity contribution >= 4 is 23.7 Å². The van der Waals surface area contributed by atoms with Crippen LogP contribution in [-0.4, -0.2) is 47.9 Å². The summed E-state index contributed by atoms with van der Waals surface area (Å²) in [6.45, 7) is 1.97. The van der Waals surface area contributed by atoms with E-state index in [-0.39, 0.29) is 17.3 Å². The van der Waals surface area contributed by atoms with Gasteiger partial charge in [-0.1, -0.05) is 19.1 Å². The highest BCUT2D eigenvalue weighted by Crippen LogP contribution is 2.16. The van der Waals surface area contributed by atoms with E-state index in [2.05, 4.69) is 26.3 Å². The van der Waals surface area contributed by atoms with E-state index in [0.29, 0.717) is 17.7 Å². The van der Waals surface area contributed by atoms with Gasteiger partial charge in [-0.15, -0.1) is 0 Å². The minimum atomic E-state index is -0.811. The van der Waals surface area contributed by atoms with Crippen molar-refractivity contribution in [2.45, 2.75) is 25.6 Å². The summed E-state index contributed by atoms with van der Waals surface area (Å²) in [7, 11) is 0. The fraction of sp³-hybridized carbons (Fsp3) is 0.300. The van der Waals surface area contributed by atoms with Crippen LogP contribution in [0.15, 0.2) is 53.6 Å². The van der Waals surface area contributed by atoms with Crippen LogP contribution in [-0.2, 0) is 4.79 Å². The third-order valence-electron chi connectivity index (χ3n) is 4.36. The van der Waals surface area contributed by atoms with Crippen molar-refractivity contribution in [3.05, 3.63) is 69.8 Å². The molecule has 2 rings (SSSR count). The minimum Gasteiger partial charge on any atom is -0.377 e. The fourth-order valence-electron chi connectivity index (χ4n) is 2.76. The highest BCUT2D eigenvalue weighted by atomic mass is 16.6. The lowest BCUT2D eigenvalue weighted by molar-refractivity contribution is -0.484. The Morgan fingerprint density at radius 2 is 2.19 bits per heavy atom. The second-order valence-electron chi connectivity index (χ2n) is 6.79. The van der Waals surface area contributed by atoms with Gasteiger partial charge in [0.1, 0.15) is 17.9 Å². The van der Waals surface area contributed by atoms with Gasteiger partial charge in [0.05, 0.1) is 5.70 Å². The van der Waals surface area contributed by atoms with Crippen molar-refractivity contribution in [2.75, 3.05) is 13.1 Å². The largest absolute Gasteiger partial charge is 0.377 e. The average Bonchev–Trinajstić information content (AvgIpc) is 2.79. The lowest BCUT2D eigenvalue weighted by Crippen LogP contribution is -2.50. The van der Waals surface area contributed by atoms with Gasteiger partial charge in [-0.25, -0.2) is 0 Å². The zero-order chi connectivity index (χ0) is 23.5. The summed E-state index contributed by atoms with van der Waals surface area (Å²) in [4.78, 5) is 39.2. The van der Waals surface area contributed by atoms with Crippen molar-refractivity contribution in [3.63, 3.8) is 0 Å². The lowest BCUT2D eigenvalue weighted by Gasteiger charge is -2.18. The molecule has 0 radical (unpaired) electrons. The Morgan fingerprint density at radius 1 is 1.41 bits per heavy atom. The van der Waals surface area contributed by atoms with Crippen molar-refractivity contribution in [3.8, 4) is 0 Å². The monoisotopic (exact) mass is 442 g/mol. The molecule has 0 aliphatic carbocycles. The van der Waals surface area contributed by atoms with Crippen LogP contribution in [0.25, 0.3) is 0 Å². The summed E-state index contributed by atoms with van der Waals surface area (Å²) in [5, 5.41) is 29.5. The first-order valence-corrected chi connectivity index (χ1v) is 9.88. The van der Waals surface area contributed by atoms with E-state index in [9.17, 15) is 19.7 Å². The normalized spacial score (nSPS) is 16.2. The molecule has 32 heavy (non-hydrogen) atoms. The number of nitrogens with one attached hydrogen (secondary N) is 5. The highest BCUT2D eigenvalue weighted by Gasteiger charge is 2.21. The Morgan fingerprint density at radius 3 is 2.84 bits per heavy atom. The van der Waals surface area contributed by atoms with Gasteiger partial charge < -0.3 is 32.4 Å². The van der Waals surface area contributed by atoms with Gasteiger partial charge in [0.2, 0.25) is 6.54 Å². The number of nitrogens with two attached hydrogens (primary N) is 1. The number of allylic oxidation sites excluding steroid dienone is 1. The van der Waals surface area contributed by atoms with Gasteiger partial charge >= 0.3 is 0 Å². The SMILES string of the molecule is CCCNC(=O)c1cccc(C(C[N+](=O)[O-])N/C=C(\C=N)NC(=O)C2=NC=CNC2N)c1. The van der Waals surface area contributed by atoms with E-state index < -0.39 is 29.6 Å². The Labute approximate surface area is 184 Å². The third kappa shape index (κ3) is 7.02. The van der Waals surface area contributed by atoms with E-state index in [4.69, 9.17) is 11.1 Å². The molecule has 0 aromatic heterocycles. The van der Waals surface area contributed by atoms with Gasteiger partial charge in [-0.05, 0) is 24.1 Å². The van der Waals surface area contributed by atoms with Crippen LogP contribution >= 0.6 is 0 Å². The summed E-state index contributed by atoms with van der Waals surface area (Å²) < 4.78 is 0. The number of carbonyl (C=O) groups is 2. The summed E-state index contributed by atoms with van der Waals surface area (Å²) in [6, 6.07) is 5.66. The molecular weight excluding hydrogens is 416 g/mol. The second-order valence-corrected chi connectivity index (χ2v) is 6.79. The number of amides is 2. The number of nitro groups is 1. The average molecular weight is 442 g/mol. The Bertz CT molecular complexity index is 957. The van der Waals surface area contributed by atoms with Crippen LogP contribution in [0.3, 0.4) is 0 Å². The van der Waals surface area contributed by atoms with E-state index in [1.165, 1.54) is 18.6 Å². The van der Waals surface area contributed by atoms with Crippen LogP contribution in [0, 0.1) is 15.5 Å². The van der Waals surface area contributed by atoms with Gasteiger partial charge in [0.25, 0.3) is 11.8 Å². The van der Waals surface area contributed by atoms with Crippen LogP contribution in [0.1, 0.15) is 35.3 Å². The van der Waals surface area contributed by atoms with Crippen LogP contribution in [0.5, 0.6) is 0 Å². The Kier molecular flexibility index (Phi) is 9.05. The van der Waals surface area contributed by atoms with Crippen LogP contribution in [0.4, 0.5) is 0 Å². The summed E-state index contributed by atoms with van der Waals surface area (Å²) >= 11 is 0. The topological polar surface area (TPSA) is 188 Å². The predicted octanol–water partition coefficient (Wildman–Crippen LogP) is 0.141. The first kappa shape index (κ1) is 24.2. The maximum atomic E-state index is 12.4. The second kappa shape index (κ2) is 12.0. The molecule has 12 nitrogen and oxygen atoms in total. The van der Waals surface area contributed by atoms with Crippen LogP contribution < -0.4 is 27.0 Å². The number of benzene rings is 1. The standard InChI is InChI=1S/C20H26N8O4/c1-2-6-25-19(29)14-5-3-4-13(9-14)16(12-28(31)32)26-11-15(10-21)27-20(30)17-18(22)24-8-7-23-17/h3-5,7-11,16,18,21,24,26H,2,6,12,22H2,1H3,(H,25,29)(H,27,30)/b15-11+,21-10?. The number of aliphatic imine (C=N–C) groups is 1. The van der Waals surface area contributed by atoms with Crippen molar-refractivity contribution < 1.29 is 14.5 Å². The predicted molar refractivity (Wildman–Crippen MR) is 119 cm³/mol. The van der Waals surface area contributed by atoms with Gasteiger partial charge in [-0.3, -0.25) is 24.7 Å². The molecule has 0 spiro atoms. The number of hydrogen-bond acceptors (Lipinski definition) is 9. The molecule has 2 amide bonds. The lowest BCUT2D eigenvalue weighted by atomic mass is 10.0. The molecule has 2 unspecified atom stereocenters. The van der Waals surface area contributed by atoms with E-state index in [1.54, 1.807) is 24.3 Å². The first-order valence-electron chi connectivity index (χ1n) is 9.88. The highest BCUT2D eigenvalue weighted by molar-refractivity contribution is 6.41. The molecule has 7 N–H and O–H groups in total. The number of rotatable bonds is 11. The molecular formula is C20H26N8O4. The maximum Gasteiger partial charge on any atom is 0.273 e. The summed E-state index contributed by atoms with van der Waals surface area (Å²) in [5.74, 6) is -0.893. The summed E-state index contributed by atoms with van der Waals surface area (Å²) in [5.41, 5.74) is 6.71. The molecule has 12 heteroatoms. The molecule has 1 heterocycles. The van der Waals surface area contributed by atoms with Gasteiger partial charge in [0.15, 0.2) is 0 Å². The van der Waals surface area contributed by atoms with E-state index in [1.807, 2.05) is 6.92 Å². The molecule has 0 saturated carbocycles. The molecule has 1 aliphatic rings. The molecule has 0 bridgehead atoms. The van der Waals surface area contributed by atoms with Crippen LogP contribution in [0.2, 0.25) is 0 Å². The molecule has 0 fully saturated rings. The molecule has 1 aliphatic heterocycles. The third-order valence-corrected chi connectivity index (χ3v) is 4.36. The number of hydrogen-bond donors (Lipinski definition) is 6. The zero-order valence-electron chi connectivity index (χ0n) is 17.5. The van der Waals surface area contributed by atoms with Crippen molar-refractivity contribution in [1.82, 2.24) is 21.3 Å². The molecule has 2 atom stereocenters. The molecule has 1 aromatic rings. The first-order chi connectivity index (χ1) is 15.3. The van der Waals surface area contributed by atoms with E-state index in [0.717, 1.165) is 12.6 Å². The Balaban J connectivity index is 2.18. The van der Waals surface area contributed by atoms with E-state index >= 15 is 0 Å². The Hall–Kier alpha value is -4.06. The van der Waals surface area contributed by atoms with Gasteiger partial charge in [-0.2, -0.15) is 0 Å². The minimum absolute atomic E-state index is 0.0212. The quantitative estimate of drug-likeness (QED) is 0.160. The van der Waals surface area contributed by atoms with Crippen molar-refractivity contribution in [2.24, 2.45) is 10.7 Å². The molecule has 0 saturated heterocycles. The number of nitrogens with zero attached hydrogens (tertiary/aromatic N) is 2. The number of carbonyl (C=O) groups excluding carboxylic acids is 2. The molecule has 1 aromatic carbocycles. The zero-order valence-corrected chi connectivity index (χ0v) is 17.5. The van der Waals surface area contributed by atoms with Crippen molar-refractivity contribution in [1.29, 1.82) is 5.41 Å². The fourth-order valence-corrected chi connectivity index (χ4v) is 2.76. The molecule has 170 valence electrons. The van der Waals surface area contributed by atoms with Gasteiger partial charge in [0, 0.05) is 41.8 Å².